The summed E-state index contributed by atoms with van der Waals surface area (Å²) in [5, 5.41) is 2.58. The molecule has 0 spiro atoms. The van der Waals surface area contributed by atoms with Gasteiger partial charge in [-0.05, 0) is 86.2 Å². The highest BCUT2D eigenvalue weighted by molar-refractivity contribution is 5.92. The lowest BCUT2D eigenvalue weighted by Gasteiger charge is -2.19. The van der Waals surface area contributed by atoms with E-state index in [4.69, 9.17) is 0 Å². The first-order valence-corrected chi connectivity index (χ1v) is 15.0. The fourth-order valence-electron chi connectivity index (χ4n) is 6.24. The van der Waals surface area contributed by atoms with Gasteiger partial charge in [0, 0.05) is 5.92 Å². The Kier molecular flexibility index (Phi) is 7.36. The Labute approximate surface area is 249 Å². The second kappa shape index (κ2) is 11.9. The molecule has 0 aromatic heterocycles. The van der Waals surface area contributed by atoms with Gasteiger partial charge in [0.1, 0.15) is 0 Å². The van der Waals surface area contributed by atoms with Gasteiger partial charge in [-0.25, -0.2) is 0 Å². The standard InChI is InChI=1S/C42H34/c1-3-13-35(14-4-1)41(39-25-23-33-11-7-9-17-37(33)29-39)27-31-19-21-32(22-20-31)28-42(36-15-5-2-6-16-36)40-26-24-34-12-8-10-18-38(34)30-40/h1-9,11-17,19-26,28-30,41H,10,18,27H2/b42-28-/t41-/m0/s1. The van der Waals surface area contributed by atoms with E-state index in [1.165, 1.54) is 60.9 Å². The maximum atomic E-state index is 2.39. The van der Waals surface area contributed by atoms with Gasteiger partial charge >= 0.3 is 0 Å². The Morgan fingerprint density at radius 2 is 1.33 bits per heavy atom. The van der Waals surface area contributed by atoms with E-state index in [9.17, 15) is 0 Å². The molecule has 0 nitrogen and oxygen atoms in total. The van der Waals surface area contributed by atoms with Gasteiger partial charge < -0.3 is 0 Å². The number of aryl methyl sites for hydroxylation is 1. The number of hydrogen-bond donors (Lipinski definition) is 0. The third-order valence-corrected chi connectivity index (χ3v) is 8.52. The summed E-state index contributed by atoms with van der Waals surface area (Å²) in [5.74, 6) is 0.293. The van der Waals surface area contributed by atoms with Crippen molar-refractivity contribution >= 4 is 28.5 Å². The molecule has 0 saturated heterocycles. The summed E-state index contributed by atoms with van der Waals surface area (Å²) in [6.07, 6.45) is 10.1. The van der Waals surface area contributed by atoms with Gasteiger partial charge in [0.05, 0.1) is 0 Å². The van der Waals surface area contributed by atoms with Crippen molar-refractivity contribution in [1.29, 1.82) is 0 Å². The molecule has 0 unspecified atom stereocenters. The molecule has 0 bridgehead atoms. The molecule has 0 amide bonds. The molecular weight excluding hydrogens is 504 g/mol. The van der Waals surface area contributed by atoms with Crippen molar-refractivity contribution in [3.05, 3.63) is 196 Å². The Balaban J connectivity index is 1.22. The second-order valence-corrected chi connectivity index (χ2v) is 11.3. The summed E-state index contributed by atoms with van der Waals surface area (Å²) in [7, 11) is 0. The highest BCUT2D eigenvalue weighted by Crippen LogP contribution is 2.33. The smallest absolute Gasteiger partial charge is 0.0130 e. The van der Waals surface area contributed by atoms with Crippen LogP contribution >= 0.6 is 0 Å². The molecule has 0 aliphatic heterocycles. The quantitative estimate of drug-likeness (QED) is 0.177. The Hall–Kier alpha value is -4.94. The van der Waals surface area contributed by atoms with Crippen LogP contribution in [0, 0.1) is 0 Å². The third kappa shape index (κ3) is 5.62. The molecule has 0 fully saturated rings. The molecule has 7 rings (SSSR count). The third-order valence-electron chi connectivity index (χ3n) is 8.52. The summed E-state index contributed by atoms with van der Waals surface area (Å²) < 4.78 is 0. The number of fused-ring (bicyclic) bond motifs is 2. The molecule has 6 aromatic carbocycles. The molecule has 42 heavy (non-hydrogen) atoms. The number of hydrogen-bond acceptors (Lipinski definition) is 0. The molecule has 0 saturated carbocycles. The second-order valence-electron chi connectivity index (χ2n) is 11.3. The maximum absolute atomic E-state index is 2.39. The van der Waals surface area contributed by atoms with Gasteiger partial charge in [-0.1, -0.05) is 158 Å². The fraction of sp³-hybridized carbons (Fsp3) is 0.0952. The van der Waals surface area contributed by atoms with Crippen LogP contribution in [0.2, 0.25) is 0 Å². The lowest BCUT2D eigenvalue weighted by molar-refractivity contribution is 0.806. The summed E-state index contributed by atoms with van der Waals surface area (Å²) in [5.41, 5.74) is 11.8. The van der Waals surface area contributed by atoms with Gasteiger partial charge in [0.15, 0.2) is 0 Å². The van der Waals surface area contributed by atoms with E-state index in [0.29, 0.717) is 5.92 Å². The zero-order valence-corrected chi connectivity index (χ0v) is 23.8. The molecule has 0 N–H and O–H groups in total. The zero-order chi connectivity index (χ0) is 28.1. The normalized spacial score (nSPS) is 13.6. The number of benzene rings is 6. The van der Waals surface area contributed by atoms with Crippen molar-refractivity contribution in [2.45, 2.75) is 25.2 Å². The van der Waals surface area contributed by atoms with Gasteiger partial charge in [0.25, 0.3) is 0 Å². The molecule has 0 heteroatoms. The maximum Gasteiger partial charge on any atom is 0.0130 e. The molecular formula is C42H34. The van der Waals surface area contributed by atoms with Crippen LogP contribution in [-0.4, -0.2) is 0 Å². The first-order chi connectivity index (χ1) is 20.8. The summed E-state index contributed by atoms with van der Waals surface area (Å²) in [4.78, 5) is 0. The number of allylic oxidation sites excluding steroid dienone is 1. The fourth-order valence-corrected chi connectivity index (χ4v) is 6.24. The molecule has 1 aliphatic rings. The van der Waals surface area contributed by atoms with E-state index < -0.39 is 0 Å². The van der Waals surface area contributed by atoms with E-state index in [1.54, 1.807) is 0 Å². The van der Waals surface area contributed by atoms with Crippen LogP contribution in [0.3, 0.4) is 0 Å². The minimum absolute atomic E-state index is 0.293. The average molecular weight is 539 g/mol. The SMILES string of the molecule is C1=Cc2ccc(/C(=C\c3ccc(C[C@@H](c4ccccc4)c4ccc5ccccc5c4)cc3)c3ccccc3)cc2CC1. The minimum atomic E-state index is 0.293. The van der Waals surface area contributed by atoms with Crippen LogP contribution in [0.25, 0.3) is 28.5 Å². The highest BCUT2D eigenvalue weighted by atomic mass is 14.2. The van der Waals surface area contributed by atoms with E-state index in [1.807, 2.05) is 0 Å². The summed E-state index contributed by atoms with van der Waals surface area (Å²) in [6, 6.07) is 53.4. The van der Waals surface area contributed by atoms with Crippen molar-refractivity contribution in [1.82, 2.24) is 0 Å². The van der Waals surface area contributed by atoms with Crippen LogP contribution in [0.15, 0.2) is 152 Å². The molecule has 1 aliphatic carbocycles. The first-order valence-electron chi connectivity index (χ1n) is 15.0. The average Bonchev–Trinajstić information content (AvgIpc) is 3.07. The largest absolute Gasteiger partial charge is 0.0836 e. The van der Waals surface area contributed by atoms with Crippen molar-refractivity contribution in [2.24, 2.45) is 0 Å². The topological polar surface area (TPSA) is 0 Å². The molecule has 202 valence electrons. The van der Waals surface area contributed by atoms with Crippen molar-refractivity contribution in [2.75, 3.05) is 0 Å². The summed E-state index contributed by atoms with van der Waals surface area (Å²) >= 11 is 0. The van der Waals surface area contributed by atoms with Crippen LogP contribution in [0.4, 0.5) is 0 Å². The van der Waals surface area contributed by atoms with E-state index in [-0.39, 0.29) is 0 Å². The lowest BCUT2D eigenvalue weighted by atomic mass is 9.85. The van der Waals surface area contributed by atoms with Crippen molar-refractivity contribution < 1.29 is 0 Å². The van der Waals surface area contributed by atoms with E-state index in [2.05, 4.69) is 164 Å². The predicted molar refractivity (Wildman–Crippen MR) is 180 cm³/mol. The van der Waals surface area contributed by atoms with Crippen LogP contribution in [0.1, 0.15) is 56.8 Å². The van der Waals surface area contributed by atoms with E-state index in [0.717, 1.165) is 19.3 Å². The zero-order valence-electron chi connectivity index (χ0n) is 23.8. The molecule has 0 heterocycles. The Bertz CT molecular complexity index is 1870. The van der Waals surface area contributed by atoms with Crippen LogP contribution < -0.4 is 0 Å². The molecule has 1 atom stereocenters. The highest BCUT2D eigenvalue weighted by Gasteiger charge is 2.16. The van der Waals surface area contributed by atoms with Crippen molar-refractivity contribution in [3.8, 4) is 0 Å². The first kappa shape index (κ1) is 26.0. The molecule has 0 radical (unpaired) electrons. The van der Waals surface area contributed by atoms with Gasteiger partial charge in [-0.2, -0.15) is 0 Å². The van der Waals surface area contributed by atoms with Crippen LogP contribution in [0.5, 0.6) is 0 Å². The molecule has 6 aromatic rings. The lowest BCUT2D eigenvalue weighted by Crippen LogP contribution is -2.05. The van der Waals surface area contributed by atoms with Gasteiger partial charge in [-0.15, -0.1) is 0 Å². The predicted octanol–water partition coefficient (Wildman–Crippen LogP) is 10.8. The Morgan fingerprint density at radius 1 is 0.595 bits per heavy atom. The number of rotatable bonds is 7. The van der Waals surface area contributed by atoms with Crippen molar-refractivity contribution in [3.63, 3.8) is 0 Å². The van der Waals surface area contributed by atoms with Crippen LogP contribution in [-0.2, 0) is 12.8 Å². The monoisotopic (exact) mass is 538 g/mol. The van der Waals surface area contributed by atoms with Gasteiger partial charge in [0.2, 0.25) is 0 Å². The Morgan fingerprint density at radius 3 is 2.14 bits per heavy atom. The summed E-state index contributed by atoms with van der Waals surface area (Å²) in [6.45, 7) is 0. The van der Waals surface area contributed by atoms with E-state index >= 15 is 0 Å². The van der Waals surface area contributed by atoms with Gasteiger partial charge in [-0.3, -0.25) is 0 Å². The minimum Gasteiger partial charge on any atom is -0.0836 e.